The van der Waals surface area contributed by atoms with Crippen LogP contribution in [0.3, 0.4) is 0 Å². The lowest BCUT2D eigenvalue weighted by Crippen LogP contribution is -2.49. The first-order chi connectivity index (χ1) is 19.6. The Balaban J connectivity index is 1.27. The van der Waals surface area contributed by atoms with Crippen molar-refractivity contribution in [3.63, 3.8) is 0 Å². The smallest absolute Gasteiger partial charge is 0.410 e. The number of fused-ring (bicyclic) bond motifs is 3. The van der Waals surface area contributed by atoms with E-state index >= 15 is 0 Å². The van der Waals surface area contributed by atoms with Gasteiger partial charge in [0, 0.05) is 62.3 Å². The molecule has 10 nitrogen and oxygen atoms in total. The fourth-order valence-corrected chi connectivity index (χ4v) is 6.05. The fourth-order valence-electron chi connectivity index (χ4n) is 6.05. The molecule has 0 spiro atoms. The molecule has 6 rings (SSSR count). The van der Waals surface area contributed by atoms with Crippen LogP contribution in [0.25, 0.3) is 21.8 Å². The van der Waals surface area contributed by atoms with E-state index in [-0.39, 0.29) is 23.8 Å². The van der Waals surface area contributed by atoms with E-state index in [1.165, 1.54) is 12.8 Å². The number of hydrogen-bond acceptors (Lipinski definition) is 8. The molecule has 0 bridgehead atoms. The zero-order chi connectivity index (χ0) is 28.7. The van der Waals surface area contributed by atoms with Crippen molar-refractivity contribution in [1.82, 2.24) is 24.3 Å². The van der Waals surface area contributed by atoms with Crippen molar-refractivity contribution in [3.05, 3.63) is 40.3 Å². The standard InChI is InChI=1S/C31H42N6O4/c1-31(2,3)41-30(40)36-14-12-35(13-15-36)19-21-6-11-24-25(16-21)28(39)37(22-7-9-23(38)10-8-22)27-26(24)18-33-29(34-27)32-17-20-4-5-20/h6,11,16,18,20,22-23,38H,4-5,7-10,12-15,17,19H2,1-3H3,(H,32,33,34)/t22-,23-. The van der Waals surface area contributed by atoms with Crippen LogP contribution in [0, 0.1) is 5.92 Å². The van der Waals surface area contributed by atoms with E-state index in [0.29, 0.717) is 55.4 Å². The topological polar surface area (TPSA) is 113 Å². The summed E-state index contributed by atoms with van der Waals surface area (Å²) in [5.74, 6) is 1.25. The van der Waals surface area contributed by atoms with Crippen LogP contribution in [0.5, 0.6) is 0 Å². The van der Waals surface area contributed by atoms with E-state index in [2.05, 4.69) is 21.3 Å². The van der Waals surface area contributed by atoms with Gasteiger partial charge in [-0.25, -0.2) is 9.78 Å². The maximum atomic E-state index is 14.1. The summed E-state index contributed by atoms with van der Waals surface area (Å²) in [5, 5.41) is 15.9. The van der Waals surface area contributed by atoms with Gasteiger partial charge in [0.25, 0.3) is 5.56 Å². The summed E-state index contributed by atoms with van der Waals surface area (Å²) in [4.78, 5) is 40.2. The Morgan fingerprint density at radius 3 is 2.44 bits per heavy atom. The number of amides is 1. The van der Waals surface area contributed by atoms with Gasteiger partial charge in [0.1, 0.15) is 11.2 Å². The molecule has 1 amide bonds. The van der Waals surface area contributed by atoms with Gasteiger partial charge in [-0.05, 0) is 82.2 Å². The van der Waals surface area contributed by atoms with Crippen LogP contribution < -0.4 is 10.9 Å². The number of aromatic nitrogens is 3. The third-order valence-electron chi connectivity index (χ3n) is 8.53. The fraction of sp³-hybridized carbons (Fsp3) is 0.613. The molecule has 2 aromatic heterocycles. The van der Waals surface area contributed by atoms with E-state index in [1.54, 1.807) is 4.90 Å². The highest BCUT2D eigenvalue weighted by atomic mass is 16.6. The SMILES string of the molecule is CC(C)(C)OC(=O)N1CCN(Cc2ccc3c(c2)c(=O)n([C@H]2CC[C@H](O)CC2)c2nc(NCC4CC4)ncc32)CC1. The van der Waals surface area contributed by atoms with Crippen LogP contribution in [0.15, 0.2) is 29.2 Å². The molecule has 3 fully saturated rings. The molecule has 2 aliphatic carbocycles. The molecule has 0 atom stereocenters. The molecular weight excluding hydrogens is 520 g/mol. The molecule has 0 unspecified atom stereocenters. The Labute approximate surface area is 240 Å². The molecule has 2 saturated carbocycles. The largest absolute Gasteiger partial charge is 0.444 e. The molecule has 2 N–H and O–H groups in total. The summed E-state index contributed by atoms with van der Waals surface area (Å²) in [6, 6.07) is 6.13. The summed E-state index contributed by atoms with van der Waals surface area (Å²) in [6.07, 6.45) is 6.62. The van der Waals surface area contributed by atoms with Crippen LogP contribution >= 0.6 is 0 Å². The maximum absolute atomic E-state index is 14.1. The second kappa shape index (κ2) is 11.2. The number of anilines is 1. The average molecular weight is 563 g/mol. The highest BCUT2D eigenvalue weighted by Gasteiger charge is 2.28. The molecule has 220 valence electrons. The van der Waals surface area contributed by atoms with Crippen molar-refractivity contribution in [2.24, 2.45) is 5.92 Å². The van der Waals surface area contributed by atoms with Gasteiger partial charge in [0.2, 0.25) is 5.95 Å². The number of nitrogens with one attached hydrogen (secondary N) is 1. The summed E-state index contributed by atoms with van der Waals surface area (Å²) in [5.41, 5.74) is 1.20. The van der Waals surface area contributed by atoms with Crippen molar-refractivity contribution in [3.8, 4) is 0 Å². The lowest BCUT2D eigenvalue weighted by molar-refractivity contribution is 0.0139. The summed E-state index contributed by atoms with van der Waals surface area (Å²) in [7, 11) is 0. The first-order valence-electron chi connectivity index (χ1n) is 15.1. The van der Waals surface area contributed by atoms with E-state index < -0.39 is 5.60 Å². The molecule has 41 heavy (non-hydrogen) atoms. The van der Waals surface area contributed by atoms with Gasteiger partial charge < -0.3 is 20.1 Å². The van der Waals surface area contributed by atoms with Crippen molar-refractivity contribution < 1.29 is 14.6 Å². The number of ether oxygens (including phenoxy) is 1. The molecule has 0 radical (unpaired) electrons. The quantitative estimate of drug-likeness (QED) is 0.428. The van der Waals surface area contributed by atoms with Crippen molar-refractivity contribution in [1.29, 1.82) is 0 Å². The zero-order valence-corrected chi connectivity index (χ0v) is 24.4. The van der Waals surface area contributed by atoms with Gasteiger partial charge in [0.15, 0.2) is 0 Å². The second-order valence-electron chi connectivity index (χ2n) is 13.0. The highest BCUT2D eigenvalue weighted by molar-refractivity contribution is 6.04. The maximum Gasteiger partial charge on any atom is 0.410 e. The van der Waals surface area contributed by atoms with Gasteiger partial charge in [0.05, 0.1) is 6.10 Å². The predicted octanol–water partition coefficient (Wildman–Crippen LogP) is 4.30. The first kappa shape index (κ1) is 27.9. The number of aliphatic hydroxyl groups is 1. The molecule has 10 heteroatoms. The number of pyridine rings is 1. The normalized spacial score (nSPS) is 22.3. The van der Waals surface area contributed by atoms with Crippen molar-refractivity contribution in [2.75, 3.05) is 38.0 Å². The minimum Gasteiger partial charge on any atom is -0.444 e. The third kappa shape index (κ3) is 6.33. The monoisotopic (exact) mass is 562 g/mol. The van der Waals surface area contributed by atoms with Crippen LogP contribution in [-0.2, 0) is 11.3 Å². The third-order valence-corrected chi connectivity index (χ3v) is 8.53. The molecule has 3 aliphatic rings. The van der Waals surface area contributed by atoms with Gasteiger partial charge in [-0.2, -0.15) is 4.98 Å². The van der Waals surface area contributed by atoms with Crippen LogP contribution in [-0.4, -0.2) is 80.0 Å². The predicted molar refractivity (Wildman–Crippen MR) is 159 cm³/mol. The van der Waals surface area contributed by atoms with Crippen LogP contribution in [0.1, 0.15) is 70.9 Å². The lowest BCUT2D eigenvalue weighted by atomic mass is 9.92. The van der Waals surface area contributed by atoms with Gasteiger partial charge in [-0.15, -0.1) is 0 Å². The van der Waals surface area contributed by atoms with Gasteiger partial charge >= 0.3 is 6.09 Å². The minimum atomic E-state index is -0.506. The zero-order valence-electron chi connectivity index (χ0n) is 24.4. The molecular formula is C31H42N6O4. The van der Waals surface area contributed by atoms with Crippen molar-refractivity contribution >= 4 is 33.8 Å². The number of carbonyl (C=O) groups is 1. The number of nitrogens with zero attached hydrogens (tertiary/aromatic N) is 5. The molecule has 3 heterocycles. The number of rotatable bonds is 6. The summed E-state index contributed by atoms with van der Waals surface area (Å²) in [6.45, 7) is 9.92. The summed E-state index contributed by atoms with van der Waals surface area (Å²) >= 11 is 0. The number of carbonyl (C=O) groups excluding carboxylic acids is 1. The number of piperazine rings is 1. The molecule has 1 saturated heterocycles. The number of hydrogen-bond donors (Lipinski definition) is 2. The molecule has 1 aliphatic heterocycles. The highest BCUT2D eigenvalue weighted by Crippen LogP contribution is 2.33. The number of aliphatic hydroxyl groups excluding tert-OH is 1. The second-order valence-corrected chi connectivity index (χ2v) is 13.0. The Hall–Kier alpha value is -3.24. The Kier molecular flexibility index (Phi) is 7.63. The lowest BCUT2D eigenvalue weighted by Gasteiger charge is -2.35. The first-order valence-corrected chi connectivity index (χ1v) is 15.1. The van der Waals surface area contributed by atoms with E-state index in [0.717, 1.165) is 48.8 Å². The minimum absolute atomic E-state index is 0.00595. The van der Waals surface area contributed by atoms with Gasteiger partial charge in [-0.3, -0.25) is 14.3 Å². The molecule has 1 aromatic carbocycles. The average Bonchev–Trinajstić information content (AvgIpc) is 3.77. The number of benzene rings is 1. The van der Waals surface area contributed by atoms with Crippen molar-refractivity contribution in [2.45, 2.75) is 83.6 Å². The van der Waals surface area contributed by atoms with E-state index in [1.807, 2.05) is 43.7 Å². The molecule has 3 aromatic rings. The van der Waals surface area contributed by atoms with E-state index in [4.69, 9.17) is 9.72 Å². The Bertz CT molecular complexity index is 1480. The summed E-state index contributed by atoms with van der Waals surface area (Å²) < 4.78 is 7.40. The van der Waals surface area contributed by atoms with Crippen LogP contribution in [0.2, 0.25) is 0 Å². The Morgan fingerprint density at radius 1 is 1.02 bits per heavy atom. The van der Waals surface area contributed by atoms with E-state index in [9.17, 15) is 14.7 Å². The Morgan fingerprint density at radius 2 is 1.76 bits per heavy atom. The van der Waals surface area contributed by atoms with Crippen LogP contribution in [0.4, 0.5) is 10.7 Å². The van der Waals surface area contributed by atoms with Gasteiger partial charge in [-0.1, -0.05) is 12.1 Å².